The van der Waals surface area contributed by atoms with E-state index in [9.17, 15) is 19.1 Å². The fraction of sp³-hybridized carbons (Fsp3) is 0.364. The molecule has 0 amide bonds. The monoisotopic (exact) mass is 321 g/mol. The summed E-state index contributed by atoms with van der Waals surface area (Å²) >= 11 is 3.33. The second-order valence-corrected chi connectivity index (χ2v) is 5.10. The van der Waals surface area contributed by atoms with Crippen molar-refractivity contribution < 1.29 is 23.2 Å². The highest BCUT2D eigenvalue weighted by Crippen LogP contribution is 2.28. The lowest BCUT2D eigenvalue weighted by Crippen LogP contribution is -2.09. The zero-order valence-corrected chi connectivity index (χ0v) is 11.9. The number of nitro benzene ring substituents is 1. The molecule has 0 saturated heterocycles. The first-order valence-electron chi connectivity index (χ1n) is 5.55. The number of hydrogen-bond acceptors (Lipinski definition) is 5. The maximum absolute atomic E-state index is 11.4. The number of rotatable bonds is 7. The van der Waals surface area contributed by atoms with E-state index in [-0.39, 0.29) is 17.9 Å². The van der Waals surface area contributed by atoms with E-state index < -0.39 is 27.7 Å². The Kier molecular flexibility index (Phi) is 6.56. The summed E-state index contributed by atoms with van der Waals surface area (Å²) in [5.41, 5.74) is -0.120. The zero-order valence-electron chi connectivity index (χ0n) is 10.3. The highest BCUT2D eigenvalue weighted by atomic mass is 35.5. The van der Waals surface area contributed by atoms with Gasteiger partial charge < -0.3 is 9.29 Å². The van der Waals surface area contributed by atoms with Gasteiger partial charge in [-0.15, -0.1) is 11.6 Å². The van der Waals surface area contributed by atoms with Crippen molar-refractivity contribution in [2.45, 2.75) is 18.6 Å². The van der Waals surface area contributed by atoms with Crippen LogP contribution >= 0.6 is 11.6 Å². The quantitative estimate of drug-likeness (QED) is 0.206. The Labute approximate surface area is 122 Å². The van der Waals surface area contributed by atoms with Crippen molar-refractivity contribution in [2.75, 3.05) is 5.88 Å². The first-order chi connectivity index (χ1) is 9.43. The number of nitrogens with zero attached hydrogens (tertiary/aromatic N) is 1. The molecule has 0 aliphatic carbocycles. The predicted octanol–water partition coefficient (Wildman–Crippen LogP) is 2.24. The third kappa shape index (κ3) is 5.24. The Morgan fingerprint density at radius 2 is 2.20 bits per heavy atom. The van der Waals surface area contributed by atoms with Crippen LogP contribution in [-0.4, -0.2) is 25.5 Å². The molecule has 1 unspecified atom stereocenters. The normalized spacial score (nSPS) is 11.9. The number of halogens is 1. The molecule has 0 fully saturated rings. The van der Waals surface area contributed by atoms with Crippen molar-refractivity contribution in [1.29, 1.82) is 0 Å². The molecule has 0 aliphatic heterocycles. The van der Waals surface area contributed by atoms with Gasteiger partial charge in [-0.05, 0) is 18.1 Å². The largest absolute Gasteiger partial charge is 0.419 e. The summed E-state index contributed by atoms with van der Waals surface area (Å²) in [6.07, 6.45) is 0.471. The molecular weight excluding hydrogens is 310 g/mol. The van der Waals surface area contributed by atoms with Gasteiger partial charge in [0.2, 0.25) is 5.75 Å². The number of carbonyl (C=O) groups is 1. The summed E-state index contributed by atoms with van der Waals surface area (Å²) in [7, 11) is 0. The van der Waals surface area contributed by atoms with E-state index in [2.05, 4.69) is 0 Å². The van der Waals surface area contributed by atoms with Crippen molar-refractivity contribution in [3.05, 3.63) is 33.9 Å². The average molecular weight is 322 g/mol. The maximum Gasteiger partial charge on any atom is 0.311 e. The second kappa shape index (κ2) is 7.93. The van der Waals surface area contributed by atoms with E-state index in [1.165, 1.54) is 12.1 Å². The third-order valence-corrected chi connectivity index (χ3v) is 3.10. The van der Waals surface area contributed by atoms with E-state index in [0.29, 0.717) is 17.9 Å². The topological polar surface area (TPSA) is 107 Å². The molecule has 9 heteroatoms. The molecule has 110 valence electrons. The molecule has 0 aliphatic rings. The van der Waals surface area contributed by atoms with Crippen LogP contribution in [0.3, 0.4) is 0 Å². The molecule has 0 spiro atoms. The minimum Gasteiger partial charge on any atom is -0.419 e. The molecule has 0 aromatic heterocycles. The molecule has 1 aromatic carbocycles. The Bertz CT molecular complexity index is 536. The van der Waals surface area contributed by atoms with E-state index in [4.69, 9.17) is 20.9 Å². The lowest BCUT2D eigenvalue weighted by atomic mass is 10.2. The molecule has 0 bridgehead atoms. The van der Waals surface area contributed by atoms with Crippen molar-refractivity contribution in [3.63, 3.8) is 0 Å². The van der Waals surface area contributed by atoms with Crippen LogP contribution in [0.15, 0.2) is 18.2 Å². The zero-order chi connectivity index (χ0) is 15.1. The number of hydrogen-bond donors (Lipinski definition) is 1. The van der Waals surface area contributed by atoms with Crippen molar-refractivity contribution >= 4 is 34.3 Å². The Balaban J connectivity index is 2.92. The fourth-order valence-electron chi connectivity index (χ4n) is 1.41. The van der Waals surface area contributed by atoms with E-state index in [0.717, 1.165) is 6.07 Å². The molecule has 0 heterocycles. The van der Waals surface area contributed by atoms with Gasteiger partial charge in [-0.3, -0.25) is 14.9 Å². The summed E-state index contributed by atoms with van der Waals surface area (Å²) in [6, 6.07) is 3.74. The van der Waals surface area contributed by atoms with Gasteiger partial charge in [-0.1, -0.05) is 6.07 Å². The second-order valence-electron chi connectivity index (χ2n) is 3.79. The van der Waals surface area contributed by atoms with Crippen LogP contribution in [0.2, 0.25) is 0 Å². The van der Waals surface area contributed by atoms with Crippen LogP contribution < -0.4 is 4.74 Å². The smallest absolute Gasteiger partial charge is 0.311 e. The summed E-state index contributed by atoms with van der Waals surface area (Å²) in [6.45, 7) is 0. The van der Waals surface area contributed by atoms with Gasteiger partial charge >= 0.3 is 11.7 Å². The van der Waals surface area contributed by atoms with Gasteiger partial charge in [0.25, 0.3) is 0 Å². The van der Waals surface area contributed by atoms with Crippen LogP contribution in [0, 0.1) is 10.1 Å². The van der Waals surface area contributed by atoms with Crippen LogP contribution in [0.4, 0.5) is 5.69 Å². The van der Waals surface area contributed by atoms with Gasteiger partial charge in [0.05, 0.1) is 10.7 Å². The molecule has 0 radical (unpaired) electrons. The van der Waals surface area contributed by atoms with Crippen molar-refractivity contribution in [3.8, 4) is 5.75 Å². The number of alkyl halides is 1. The molecular formula is C11H12ClNO6S. The van der Waals surface area contributed by atoms with Crippen LogP contribution in [-0.2, 0) is 21.6 Å². The van der Waals surface area contributed by atoms with Crippen molar-refractivity contribution in [2.24, 2.45) is 0 Å². The van der Waals surface area contributed by atoms with Crippen LogP contribution in [0.5, 0.6) is 5.75 Å². The number of nitro groups is 1. The Morgan fingerprint density at radius 1 is 1.50 bits per heavy atom. The molecule has 7 nitrogen and oxygen atoms in total. The van der Waals surface area contributed by atoms with Crippen molar-refractivity contribution in [1.82, 2.24) is 0 Å². The lowest BCUT2D eigenvalue weighted by Gasteiger charge is -2.06. The molecule has 1 N–H and O–H groups in total. The number of benzene rings is 1. The molecule has 20 heavy (non-hydrogen) atoms. The number of carbonyl (C=O) groups excluding carboxylic acids is 1. The highest BCUT2D eigenvalue weighted by molar-refractivity contribution is 7.78. The highest BCUT2D eigenvalue weighted by Gasteiger charge is 2.19. The van der Waals surface area contributed by atoms with Crippen LogP contribution in [0.1, 0.15) is 18.4 Å². The van der Waals surface area contributed by atoms with E-state index >= 15 is 0 Å². The van der Waals surface area contributed by atoms with E-state index in [1.54, 1.807) is 0 Å². The Morgan fingerprint density at radius 3 is 2.75 bits per heavy atom. The van der Waals surface area contributed by atoms with Gasteiger partial charge in [-0.25, -0.2) is 4.21 Å². The summed E-state index contributed by atoms with van der Waals surface area (Å²) in [5.74, 6) is -0.756. The summed E-state index contributed by atoms with van der Waals surface area (Å²) in [5, 5.41) is 10.9. The third-order valence-electron chi connectivity index (χ3n) is 2.25. The van der Waals surface area contributed by atoms with E-state index in [1.807, 2.05) is 0 Å². The average Bonchev–Trinajstić information content (AvgIpc) is 2.37. The van der Waals surface area contributed by atoms with Crippen LogP contribution in [0.25, 0.3) is 0 Å². The first-order valence-corrected chi connectivity index (χ1v) is 7.36. The van der Waals surface area contributed by atoms with Gasteiger partial charge in [0.1, 0.15) is 0 Å². The maximum atomic E-state index is 11.4. The van der Waals surface area contributed by atoms with Gasteiger partial charge in [-0.2, -0.15) is 0 Å². The Hall–Kier alpha value is -1.51. The molecule has 1 rings (SSSR count). The number of esters is 1. The summed E-state index contributed by atoms with van der Waals surface area (Å²) in [4.78, 5) is 21.6. The molecule has 1 atom stereocenters. The summed E-state index contributed by atoms with van der Waals surface area (Å²) < 4.78 is 24.3. The minimum absolute atomic E-state index is 0.0586. The molecule has 1 aromatic rings. The SMILES string of the molecule is O=C(CCCCl)Oc1ccc(CS(=O)O)cc1[N+](=O)[O-]. The van der Waals surface area contributed by atoms with Gasteiger partial charge in [0, 0.05) is 18.4 Å². The molecule has 0 saturated carbocycles. The first kappa shape index (κ1) is 16.5. The predicted molar refractivity (Wildman–Crippen MR) is 73.2 cm³/mol. The fourth-order valence-corrected chi connectivity index (χ4v) is 2.01. The number of ether oxygens (including phenoxy) is 1. The lowest BCUT2D eigenvalue weighted by molar-refractivity contribution is -0.385. The minimum atomic E-state index is -2.10. The van der Waals surface area contributed by atoms with Gasteiger partial charge in [0.15, 0.2) is 11.1 Å². The standard InChI is InChI=1S/C11H12ClNO6S/c12-5-1-2-11(14)19-10-4-3-8(7-20(17)18)6-9(10)13(15)16/h3-4,6H,1-2,5,7H2,(H,17,18).